The molecule has 1 N–H and O–H groups in total. The van der Waals surface area contributed by atoms with Crippen LogP contribution >= 0.6 is 0 Å². The molecule has 2 rings (SSSR count). The Morgan fingerprint density at radius 2 is 2.08 bits per heavy atom. The molecule has 0 spiro atoms. The molecule has 0 aliphatic heterocycles. The van der Waals surface area contributed by atoms with E-state index in [0.717, 1.165) is 31.1 Å². The van der Waals surface area contributed by atoms with Crippen molar-refractivity contribution >= 4 is 0 Å². The minimum Gasteiger partial charge on any atom is -0.390 e. The van der Waals surface area contributed by atoms with Crippen LogP contribution in [0, 0.1) is 11.8 Å². The molecule has 0 saturated heterocycles. The van der Waals surface area contributed by atoms with Crippen molar-refractivity contribution in [3.05, 3.63) is 12.7 Å². The Labute approximate surface area is 80.8 Å². The first kappa shape index (κ1) is 9.26. The van der Waals surface area contributed by atoms with Crippen LogP contribution in [-0.2, 0) is 0 Å². The van der Waals surface area contributed by atoms with Crippen molar-refractivity contribution in [3.63, 3.8) is 0 Å². The highest BCUT2D eigenvalue weighted by Gasteiger charge is 2.40. The van der Waals surface area contributed by atoms with Gasteiger partial charge in [0.25, 0.3) is 0 Å². The van der Waals surface area contributed by atoms with E-state index in [4.69, 9.17) is 0 Å². The number of hydrogen-bond donors (Lipinski definition) is 1. The highest BCUT2D eigenvalue weighted by Crippen LogP contribution is 2.47. The first-order valence-corrected chi connectivity index (χ1v) is 5.57. The molecule has 1 nitrogen and oxygen atoms in total. The van der Waals surface area contributed by atoms with Gasteiger partial charge in [0.1, 0.15) is 0 Å². The molecular formula is C12H20O. The molecule has 2 aliphatic carbocycles. The van der Waals surface area contributed by atoms with Crippen LogP contribution < -0.4 is 0 Å². The lowest BCUT2D eigenvalue weighted by Crippen LogP contribution is -2.35. The summed E-state index contributed by atoms with van der Waals surface area (Å²) in [4.78, 5) is 0. The van der Waals surface area contributed by atoms with Crippen LogP contribution in [0.2, 0.25) is 0 Å². The largest absolute Gasteiger partial charge is 0.390 e. The lowest BCUT2D eigenvalue weighted by atomic mass is 9.74. The Morgan fingerprint density at radius 1 is 1.31 bits per heavy atom. The third-order valence-electron chi connectivity index (χ3n) is 3.67. The normalized spacial score (nSPS) is 40.2. The standard InChI is InChI=1S/C12H20O/c1-2-7-12(13)8-3-4-11(9-12)10-5-6-10/h2,10-11,13H,1,3-9H2. The smallest absolute Gasteiger partial charge is 0.0684 e. The topological polar surface area (TPSA) is 20.2 Å². The van der Waals surface area contributed by atoms with Gasteiger partial charge in [0.2, 0.25) is 0 Å². The molecule has 0 amide bonds. The van der Waals surface area contributed by atoms with Gasteiger partial charge >= 0.3 is 0 Å². The maximum absolute atomic E-state index is 10.2. The summed E-state index contributed by atoms with van der Waals surface area (Å²) in [6.45, 7) is 3.73. The maximum Gasteiger partial charge on any atom is 0.0684 e. The van der Waals surface area contributed by atoms with E-state index in [1.165, 1.54) is 25.7 Å². The van der Waals surface area contributed by atoms with Crippen LogP contribution in [0.3, 0.4) is 0 Å². The van der Waals surface area contributed by atoms with E-state index >= 15 is 0 Å². The SMILES string of the molecule is C=CCC1(O)CCCC(C2CC2)C1. The molecule has 2 saturated carbocycles. The summed E-state index contributed by atoms with van der Waals surface area (Å²) in [7, 11) is 0. The fourth-order valence-electron chi connectivity index (χ4n) is 2.81. The van der Waals surface area contributed by atoms with Gasteiger partial charge in [-0.2, -0.15) is 0 Å². The Bertz CT molecular complexity index is 195. The molecule has 74 valence electrons. The second-order valence-corrected chi connectivity index (χ2v) is 4.91. The van der Waals surface area contributed by atoms with Crippen molar-refractivity contribution in [1.29, 1.82) is 0 Å². The van der Waals surface area contributed by atoms with Gasteiger partial charge in [-0.15, -0.1) is 6.58 Å². The molecule has 2 unspecified atom stereocenters. The zero-order valence-electron chi connectivity index (χ0n) is 8.34. The summed E-state index contributed by atoms with van der Waals surface area (Å²) >= 11 is 0. The summed E-state index contributed by atoms with van der Waals surface area (Å²) in [6, 6.07) is 0. The highest BCUT2D eigenvalue weighted by atomic mass is 16.3. The monoisotopic (exact) mass is 180 g/mol. The minimum atomic E-state index is -0.396. The van der Waals surface area contributed by atoms with Crippen molar-refractivity contribution < 1.29 is 5.11 Å². The molecule has 2 fully saturated rings. The average Bonchev–Trinajstić information content (AvgIpc) is 2.86. The van der Waals surface area contributed by atoms with E-state index in [1.54, 1.807) is 0 Å². The predicted molar refractivity (Wildman–Crippen MR) is 54.4 cm³/mol. The van der Waals surface area contributed by atoms with E-state index in [2.05, 4.69) is 6.58 Å². The molecule has 0 aromatic rings. The zero-order valence-corrected chi connectivity index (χ0v) is 8.34. The van der Waals surface area contributed by atoms with E-state index in [0.29, 0.717) is 0 Å². The molecule has 0 bridgehead atoms. The minimum absolute atomic E-state index is 0.396. The van der Waals surface area contributed by atoms with Crippen LogP contribution in [0.1, 0.15) is 44.9 Å². The number of aliphatic hydroxyl groups is 1. The second-order valence-electron chi connectivity index (χ2n) is 4.91. The molecule has 0 heterocycles. The average molecular weight is 180 g/mol. The van der Waals surface area contributed by atoms with Crippen molar-refractivity contribution in [1.82, 2.24) is 0 Å². The van der Waals surface area contributed by atoms with Gasteiger partial charge in [0, 0.05) is 0 Å². The lowest BCUT2D eigenvalue weighted by Gasteiger charge is -2.36. The quantitative estimate of drug-likeness (QED) is 0.662. The summed E-state index contributed by atoms with van der Waals surface area (Å²) < 4.78 is 0. The Hall–Kier alpha value is -0.300. The second kappa shape index (κ2) is 3.45. The van der Waals surface area contributed by atoms with Gasteiger partial charge in [0.05, 0.1) is 5.60 Å². The maximum atomic E-state index is 10.2. The van der Waals surface area contributed by atoms with Gasteiger partial charge < -0.3 is 5.11 Å². The molecule has 1 heteroatoms. The first-order valence-electron chi connectivity index (χ1n) is 5.57. The fraction of sp³-hybridized carbons (Fsp3) is 0.833. The third-order valence-corrected chi connectivity index (χ3v) is 3.67. The molecule has 2 atom stereocenters. The Morgan fingerprint density at radius 3 is 2.69 bits per heavy atom. The Balaban J connectivity index is 1.93. The Kier molecular flexibility index (Phi) is 2.46. The van der Waals surface area contributed by atoms with E-state index in [9.17, 15) is 5.11 Å². The van der Waals surface area contributed by atoms with Gasteiger partial charge in [0.15, 0.2) is 0 Å². The van der Waals surface area contributed by atoms with Crippen LogP contribution in [0.25, 0.3) is 0 Å². The zero-order chi connectivity index (χ0) is 9.31. The van der Waals surface area contributed by atoms with E-state index in [1.807, 2.05) is 6.08 Å². The van der Waals surface area contributed by atoms with Gasteiger partial charge in [-0.3, -0.25) is 0 Å². The van der Waals surface area contributed by atoms with Crippen molar-refractivity contribution in [2.75, 3.05) is 0 Å². The molecule has 13 heavy (non-hydrogen) atoms. The summed E-state index contributed by atoms with van der Waals surface area (Å²) in [5.74, 6) is 1.77. The summed E-state index contributed by atoms with van der Waals surface area (Å²) in [6.07, 6.45) is 10.1. The van der Waals surface area contributed by atoms with Gasteiger partial charge in [-0.05, 0) is 50.4 Å². The van der Waals surface area contributed by atoms with Crippen LogP contribution in [0.5, 0.6) is 0 Å². The van der Waals surface area contributed by atoms with Crippen LogP contribution in [-0.4, -0.2) is 10.7 Å². The number of rotatable bonds is 3. The molecule has 0 aromatic heterocycles. The van der Waals surface area contributed by atoms with E-state index in [-0.39, 0.29) is 0 Å². The third kappa shape index (κ3) is 2.14. The van der Waals surface area contributed by atoms with E-state index < -0.39 is 5.60 Å². The lowest BCUT2D eigenvalue weighted by molar-refractivity contribution is -0.0172. The van der Waals surface area contributed by atoms with Crippen molar-refractivity contribution in [2.24, 2.45) is 11.8 Å². The molecule has 0 radical (unpaired) electrons. The fourth-order valence-corrected chi connectivity index (χ4v) is 2.81. The highest BCUT2D eigenvalue weighted by molar-refractivity contribution is 4.95. The van der Waals surface area contributed by atoms with Crippen molar-refractivity contribution in [3.8, 4) is 0 Å². The summed E-state index contributed by atoms with van der Waals surface area (Å²) in [5, 5.41) is 10.2. The molecule has 0 aromatic carbocycles. The predicted octanol–water partition coefficient (Wildman–Crippen LogP) is 2.89. The first-order chi connectivity index (χ1) is 6.23. The van der Waals surface area contributed by atoms with Crippen LogP contribution in [0.15, 0.2) is 12.7 Å². The summed E-state index contributed by atoms with van der Waals surface area (Å²) in [5.41, 5.74) is -0.396. The van der Waals surface area contributed by atoms with Gasteiger partial charge in [-0.1, -0.05) is 12.5 Å². The number of hydrogen-bond acceptors (Lipinski definition) is 1. The van der Waals surface area contributed by atoms with Gasteiger partial charge in [-0.25, -0.2) is 0 Å². The van der Waals surface area contributed by atoms with Crippen LogP contribution in [0.4, 0.5) is 0 Å². The molecule has 2 aliphatic rings. The molecular weight excluding hydrogens is 160 g/mol. The van der Waals surface area contributed by atoms with Crippen molar-refractivity contribution in [2.45, 2.75) is 50.5 Å².